The quantitative estimate of drug-likeness (QED) is 0.250. The number of ether oxygens (including phenoxy) is 1. The molecule has 0 radical (unpaired) electrons. The van der Waals surface area contributed by atoms with E-state index in [-0.39, 0.29) is 31.4 Å². The third kappa shape index (κ3) is 5.09. The van der Waals surface area contributed by atoms with Gasteiger partial charge in [-0.3, -0.25) is 0 Å². The van der Waals surface area contributed by atoms with E-state index < -0.39 is 29.2 Å². The van der Waals surface area contributed by atoms with E-state index in [1.165, 1.54) is 0 Å². The Morgan fingerprint density at radius 1 is 0.538 bits per heavy atom. The van der Waals surface area contributed by atoms with E-state index in [1.807, 2.05) is 121 Å². The second-order valence-electron chi connectivity index (χ2n) is 10.4. The van der Waals surface area contributed by atoms with Crippen LogP contribution in [0.2, 0.25) is 0 Å². The number of rotatable bonds is 9. The van der Waals surface area contributed by atoms with Crippen molar-refractivity contribution in [1.29, 1.82) is 0 Å². The predicted octanol–water partition coefficient (Wildman–Crippen LogP) is 4.95. The van der Waals surface area contributed by atoms with Crippen molar-refractivity contribution in [3.05, 3.63) is 155 Å². The Balaban J connectivity index is 1.72. The van der Waals surface area contributed by atoms with E-state index >= 15 is 0 Å². The van der Waals surface area contributed by atoms with Gasteiger partial charge in [-0.2, -0.15) is 0 Å². The summed E-state index contributed by atoms with van der Waals surface area (Å²) >= 11 is 0. The van der Waals surface area contributed by atoms with Gasteiger partial charge in [0.25, 0.3) is 0 Å². The first kappa shape index (κ1) is 26.7. The minimum absolute atomic E-state index is 0.0623. The van der Waals surface area contributed by atoms with Crippen molar-refractivity contribution in [1.82, 2.24) is 0 Å². The van der Waals surface area contributed by atoms with Gasteiger partial charge in [0.2, 0.25) is 0 Å². The molecule has 0 aliphatic carbocycles. The first-order valence-corrected chi connectivity index (χ1v) is 13.2. The van der Waals surface area contributed by atoms with E-state index in [0.29, 0.717) is 0 Å². The van der Waals surface area contributed by atoms with Crippen LogP contribution < -0.4 is 0 Å². The van der Waals surface area contributed by atoms with Crippen LogP contribution in [0.15, 0.2) is 133 Å². The second kappa shape index (κ2) is 11.1. The highest BCUT2D eigenvalue weighted by molar-refractivity contribution is 5.39. The molecule has 4 aromatic rings. The topological polar surface area (TPSA) is 90.2 Å². The second-order valence-corrected chi connectivity index (χ2v) is 10.4. The fraction of sp³-hybridized carbons (Fsp3) is 0.235. The van der Waals surface area contributed by atoms with Gasteiger partial charge in [-0.1, -0.05) is 121 Å². The summed E-state index contributed by atoms with van der Waals surface area (Å²) < 4.78 is 6.53. The molecule has 5 rings (SSSR count). The minimum atomic E-state index is -2.18. The highest BCUT2D eigenvalue weighted by Crippen LogP contribution is 2.51. The van der Waals surface area contributed by atoms with Crippen molar-refractivity contribution in [2.75, 3.05) is 6.61 Å². The highest BCUT2D eigenvalue weighted by atomic mass is 16.6. The maximum absolute atomic E-state index is 12.8. The smallest absolute Gasteiger partial charge is 0.168 e. The Bertz CT molecular complexity index is 1390. The first-order valence-electron chi connectivity index (χ1n) is 13.2. The van der Waals surface area contributed by atoms with Crippen LogP contribution in [0.3, 0.4) is 0 Å². The molecule has 0 fully saturated rings. The van der Waals surface area contributed by atoms with E-state index in [2.05, 4.69) is 0 Å². The minimum Gasteiger partial charge on any atom is -0.506 e. The zero-order valence-electron chi connectivity index (χ0n) is 21.8. The number of hydrogen-bond donors (Lipinski definition) is 4. The molecule has 39 heavy (non-hydrogen) atoms. The molecule has 0 bridgehead atoms. The van der Waals surface area contributed by atoms with Gasteiger partial charge in [0.05, 0.1) is 6.61 Å². The molecule has 0 spiro atoms. The molecule has 1 aliphatic heterocycles. The number of allylic oxidation sites excluding steroid dienone is 1. The summed E-state index contributed by atoms with van der Waals surface area (Å²) in [6, 6.07) is 37.5. The van der Waals surface area contributed by atoms with Gasteiger partial charge in [-0.05, 0) is 22.3 Å². The third-order valence-electron chi connectivity index (χ3n) is 7.81. The van der Waals surface area contributed by atoms with Gasteiger partial charge >= 0.3 is 0 Å². The van der Waals surface area contributed by atoms with Crippen LogP contribution in [-0.4, -0.2) is 43.8 Å². The summed E-state index contributed by atoms with van der Waals surface area (Å²) in [4.78, 5) is 0. The normalized spacial score (nSPS) is 24.8. The number of aliphatic hydroxyl groups excluding tert-OH is 2. The van der Waals surface area contributed by atoms with E-state index in [4.69, 9.17) is 4.74 Å². The Labute approximate surface area is 229 Å². The van der Waals surface area contributed by atoms with Gasteiger partial charge in [0.15, 0.2) is 17.0 Å². The molecule has 200 valence electrons. The Morgan fingerprint density at radius 3 is 1.41 bits per heavy atom. The van der Waals surface area contributed by atoms with Crippen molar-refractivity contribution in [2.24, 2.45) is 0 Å². The Morgan fingerprint density at radius 2 is 0.949 bits per heavy atom. The van der Waals surface area contributed by atoms with Crippen LogP contribution in [0.4, 0.5) is 0 Å². The van der Waals surface area contributed by atoms with Crippen LogP contribution in [0, 0.1) is 0 Å². The maximum Gasteiger partial charge on any atom is 0.168 e. The zero-order valence-corrected chi connectivity index (χ0v) is 21.8. The van der Waals surface area contributed by atoms with Crippen LogP contribution in [-0.2, 0) is 30.4 Å². The molecule has 3 atom stereocenters. The number of benzene rings is 4. The average Bonchev–Trinajstić information content (AvgIpc) is 2.97. The lowest BCUT2D eigenvalue weighted by Gasteiger charge is -2.57. The first-order chi connectivity index (χ1) is 18.9. The van der Waals surface area contributed by atoms with Crippen molar-refractivity contribution >= 4 is 0 Å². The van der Waals surface area contributed by atoms with Crippen LogP contribution in [0.1, 0.15) is 22.3 Å². The lowest BCUT2D eigenvalue weighted by atomic mass is 9.61. The zero-order chi connectivity index (χ0) is 27.3. The molecule has 0 unspecified atom stereocenters. The lowest BCUT2D eigenvalue weighted by Crippen LogP contribution is -2.75. The molecule has 4 aromatic carbocycles. The van der Waals surface area contributed by atoms with Gasteiger partial charge in [0, 0.05) is 25.7 Å². The van der Waals surface area contributed by atoms with Crippen LogP contribution >= 0.6 is 0 Å². The van der Waals surface area contributed by atoms with Gasteiger partial charge in [-0.25, -0.2) is 0 Å². The van der Waals surface area contributed by atoms with E-state index in [0.717, 1.165) is 22.3 Å². The fourth-order valence-corrected chi connectivity index (χ4v) is 5.72. The summed E-state index contributed by atoms with van der Waals surface area (Å²) in [7, 11) is 0. The molecule has 5 nitrogen and oxygen atoms in total. The summed E-state index contributed by atoms with van der Waals surface area (Å²) in [5, 5.41) is 48.3. The molecule has 0 amide bonds. The maximum atomic E-state index is 12.8. The van der Waals surface area contributed by atoms with Crippen molar-refractivity contribution < 1.29 is 25.2 Å². The molecule has 4 N–H and O–H groups in total. The number of hydrogen-bond acceptors (Lipinski definition) is 5. The van der Waals surface area contributed by atoms with Crippen molar-refractivity contribution in [2.45, 2.75) is 42.5 Å². The van der Waals surface area contributed by atoms with Gasteiger partial charge in [-0.15, -0.1) is 0 Å². The van der Waals surface area contributed by atoms with Gasteiger partial charge < -0.3 is 25.2 Å². The summed E-state index contributed by atoms with van der Waals surface area (Å²) in [6.45, 7) is -0.589. The van der Waals surface area contributed by atoms with Crippen molar-refractivity contribution in [3.8, 4) is 0 Å². The molecule has 0 aromatic heterocycles. The predicted molar refractivity (Wildman–Crippen MR) is 151 cm³/mol. The molecular weight excluding hydrogens is 488 g/mol. The van der Waals surface area contributed by atoms with Crippen LogP contribution in [0.25, 0.3) is 0 Å². The average molecular weight is 523 g/mol. The monoisotopic (exact) mass is 522 g/mol. The molecular formula is C34H34O5. The van der Waals surface area contributed by atoms with Crippen molar-refractivity contribution in [3.63, 3.8) is 0 Å². The lowest BCUT2D eigenvalue weighted by molar-refractivity contribution is -0.277. The number of aliphatic hydroxyl groups is 4. The highest BCUT2D eigenvalue weighted by Gasteiger charge is 2.68. The molecule has 0 saturated carbocycles. The summed E-state index contributed by atoms with van der Waals surface area (Å²) in [5.74, 6) is -0.298. The van der Waals surface area contributed by atoms with E-state index in [1.54, 1.807) is 0 Å². The fourth-order valence-electron chi connectivity index (χ4n) is 5.72. The standard InChI is InChI=1S/C34H34O5/c35-25-32(22-27-15-7-2-8-16-27)34(38,24-29-19-11-4-12-20-29)33(37,23-28-17-9-3-10-18-28)31(36)30(39-32)21-26-13-5-1-6-14-26/h1-20,35-38H,21-25H2/t32-,33-,34-/m1/s1. The third-order valence-corrected chi connectivity index (χ3v) is 7.81. The Hall–Kier alpha value is -3.90. The summed E-state index contributed by atoms with van der Waals surface area (Å²) in [5.41, 5.74) is -2.83. The SMILES string of the molecule is OC[C@@]1(Cc2ccccc2)OC(Cc2ccccc2)=C(O)[C@](O)(Cc2ccccc2)[C@@]1(O)Cc1ccccc1. The van der Waals surface area contributed by atoms with E-state index in [9.17, 15) is 20.4 Å². The van der Waals surface area contributed by atoms with Crippen LogP contribution in [0.5, 0.6) is 0 Å². The Kier molecular flexibility index (Phi) is 7.58. The molecule has 1 heterocycles. The molecule has 5 heteroatoms. The molecule has 0 saturated heterocycles. The molecule has 1 aliphatic rings. The van der Waals surface area contributed by atoms with Gasteiger partial charge in [0.1, 0.15) is 11.4 Å². The summed E-state index contributed by atoms with van der Waals surface area (Å²) in [6.07, 6.45) is 0.145. The largest absolute Gasteiger partial charge is 0.506 e.